The lowest BCUT2D eigenvalue weighted by atomic mass is 10.3. The maximum absolute atomic E-state index is 12.2. The Kier molecular flexibility index (Phi) is 4.38. The Morgan fingerprint density at radius 3 is 2.91 bits per heavy atom. The van der Waals surface area contributed by atoms with Crippen LogP contribution in [0.1, 0.15) is 0 Å². The van der Waals surface area contributed by atoms with Crippen LogP contribution in [0.4, 0.5) is 10.2 Å². The Bertz CT molecular complexity index is 789. The van der Waals surface area contributed by atoms with Gasteiger partial charge in [-0.3, -0.25) is 0 Å². The van der Waals surface area contributed by atoms with Crippen LogP contribution in [-0.2, 0) is 0 Å². The van der Waals surface area contributed by atoms with Crippen LogP contribution >= 0.6 is 0 Å². The average molecular weight is 317 g/mol. The smallest absolute Gasteiger partial charge is 0.228 e. The van der Waals surface area contributed by atoms with Crippen molar-refractivity contribution in [1.29, 1.82) is 0 Å². The highest BCUT2D eigenvalue weighted by Crippen LogP contribution is 2.27. The Hall–Kier alpha value is -2.67. The summed E-state index contributed by atoms with van der Waals surface area (Å²) in [5, 5.41) is 12.1. The number of hydrogen-bond acceptors (Lipinski definition) is 6. The Morgan fingerprint density at radius 1 is 1.35 bits per heavy atom. The fourth-order valence-corrected chi connectivity index (χ4v) is 2.03. The average Bonchev–Trinajstić information content (AvgIpc) is 3.03. The van der Waals surface area contributed by atoms with E-state index in [2.05, 4.69) is 15.3 Å². The lowest BCUT2D eigenvalue weighted by molar-refractivity contribution is 0.0842. The number of pyridine rings is 1. The van der Waals surface area contributed by atoms with E-state index in [4.69, 9.17) is 9.15 Å². The number of halogens is 1. The quantitative estimate of drug-likeness (QED) is 0.727. The summed E-state index contributed by atoms with van der Waals surface area (Å²) in [6.07, 6.45) is 0.543. The first kappa shape index (κ1) is 15.2. The molecule has 3 rings (SSSR count). The van der Waals surface area contributed by atoms with Gasteiger partial charge < -0.3 is 19.6 Å². The summed E-state index contributed by atoms with van der Waals surface area (Å²) in [5.74, 6) is 1.71. The minimum Gasteiger partial charge on any atom is -0.491 e. The first-order valence-corrected chi connectivity index (χ1v) is 7.11. The number of benzene rings is 1. The molecule has 1 aromatic carbocycles. The molecule has 0 fully saturated rings. The molecule has 0 saturated heterocycles. The maximum Gasteiger partial charge on any atom is 0.228 e. The third-order valence-corrected chi connectivity index (χ3v) is 3.25. The van der Waals surface area contributed by atoms with E-state index in [1.54, 1.807) is 31.4 Å². The predicted molar refractivity (Wildman–Crippen MR) is 84.3 cm³/mol. The van der Waals surface area contributed by atoms with Gasteiger partial charge in [-0.15, -0.1) is 0 Å². The van der Waals surface area contributed by atoms with Crippen LogP contribution in [-0.4, -0.2) is 41.5 Å². The van der Waals surface area contributed by atoms with Gasteiger partial charge in [-0.25, -0.2) is 14.4 Å². The van der Waals surface area contributed by atoms with Gasteiger partial charge in [-0.1, -0.05) is 0 Å². The van der Waals surface area contributed by atoms with E-state index < -0.39 is 12.8 Å². The maximum atomic E-state index is 12.2. The van der Waals surface area contributed by atoms with Crippen LogP contribution in [0.5, 0.6) is 5.75 Å². The number of aliphatic hydroxyl groups is 1. The first-order chi connectivity index (χ1) is 11.2. The number of alkyl halides is 1. The molecule has 1 atom stereocenters. The minimum absolute atomic E-state index is 0.109. The van der Waals surface area contributed by atoms with Crippen LogP contribution in [0.3, 0.4) is 0 Å². The molecule has 0 aliphatic heterocycles. The zero-order valence-electron chi connectivity index (χ0n) is 12.5. The Morgan fingerprint density at radius 2 is 2.22 bits per heavy atom. The van der Waals surface area contributed by atoms with Crippen LogP contribution in [0.25, 0.3) is 22.6 Å². The van der Waals surface area contributed by atoms with Gasteiger partial charge in [0.15, 0.2) is 5.58 Å². The number of anilines is 1. The van der Waals surface area contributed by atoms with Crippen molar-refractivity contribution in [1.82, 2.24) is 9.97 Å². The highest BCUT2D eigenvalue weighted by atomic mass is 19.1. The summed E-state index contributed by atoms with van der Waals surface area (Å²) < 4.78 is 23.2. The van der Waals surface area contributed by atoms with Crippen molar-refractivity contribution in [2.45, 2.75) is 6.10 Å². The third-order valence-electron chi connectivity index (χ3n) is 3.25. The van der Waals surface area contributed by atoms with E-state index in [-0.39, 0.29) is 6.61 Å². The minimum atomic E-state index is -1.13. The molecule has 0 saturated carbocycles. The summed E-state index contributed by atoms with van der Waals surface area (Å²) >= 11 is 0. The normalized spacial score (nSPS) is 12.3. The number of nitrogens with zero attached hydrogens (tertiary/aromatic N) is 2. The fourth-order valence-electron chi connectivity index (χ4n) is 2.03. The number of oxazole rings is 1. The van der Waals surface area contributed by atoms with Crippen LogP contribution in [0.15, 0.2) is 40.9 Å². The van der Waals surface area contributed by atoms with E-state index in [0.717, 1.165) is 11.4 Å². The van der Waals surface area contributed by atoms with Crippen molar-refractivity contribution >= 4 is 16.9 Å². The number of hydrogen-bond donors (Lipinski definition) is 2. The molecule has 0 amide bonds. The van der Waals surface area contributed by atoms with Crippen molar-refractivity contribution in [2.24, 2.45) is 0 Å². The molecule has 23 heavy (non-hydrogen) atoms. The summed E-state index contributed by atoms with van der Waals surface area (Å²) in [7, 11) is 1.79. The van der Waals surface area contributed by atoms with Gasteiger partial charge in [0, 0.05) is 19.3 Å². The molecule has 0 unspecified atom stereocenters. The van der Waals surface area contributed by atoms with Gasteiger partial charge in [0.2, 0.25) is 5.89 Å². The number of aliphatic hydroxyl groups excluding tert-OH is 1. The summed E-state index contributed by atoms with van der Waals surface area (Å²) in [6.45, 7) is -0.950. The summed E-state index contributed by atoms with van der Waals surface area (Å²) in [4.78, 5) is 8.62. The molecule has 0 bridgehead atoms. The molecule has 120 valence electrons. The zero-order valence-corrected chi connectivity index (χ0v) is 12.5. The number of ether oxygens (including phenoxy) is 1. The largest absolute Gasteiger partial charge is 0.491 e. The summed E-state index contributed by atoms with van der Waals surface area (Å²) in [5.41, 5.74) is 1.98. The van der Waals surface area contributed by atoms with Crippen molar-refractivity contribution in [3.63, 3.8) is 0 Å². The molecule has 7 heteroatoms. The van der Waals surface area contributed by atoms with E-state index >= 15 is 0 Å². The standard InChI is InChI=1S/C16H16FN3O3/c1-18-15-5-2-10(8-19-15)16-20-13-6-12(3-4-14(13)23-16)22-9-11(21)7-17/h2-6,8,11,21H,7,9H2,1H3,(H,18,19)/t11-/m1/s1. The van der Waals surface area contributed by atoms with Gasteiger partial charge >= 0.3 is 0 Å². The van der Waals surface area contributed by atoms with Gasteiger partial charge in [-0.2, -0.15) is 0 Å². The molecule has 3 aromatic rings. The van der Waals surface area contributed by atoms with Gasteiger partial charge in [-0.05, 0) is 24.3 Å². The van der Waals surface area contributed by atoms with Gasteiger partial charge in [0.05, 0.1) is 5.56 Å². The Balaban J connectivity index is 1.83. The van der Waals surface area contributed by atoms with Crippen molar-refractivity contribution in [3.05, 3.63) is 36.5 Å². The lowest BCUT2D eigenvalue weighted by Crippen LogP contribution is -2.19. The molecule has 0 aliphatic carbocycles. The lowest BCUT2D eigenvalue weighted by Gasteiger charge is -2.08. The SMILES string of the molecule is CNc1ccc(-c2nc3cc(OC[C@H](O)CF)ccc3o2)cn1. The molecule has 2 heterocycles. The number of rotatable bonds is 6. The second-order valence-corrected chi connectivity index (χ2v) is 4.95. The topological polar surface area (TPSA) is 80.4 Å². The number of aromatic nitrogens is 2. The molecule has 6 nitrogen and oxygen atoms in total. The van der Waals surface area contributed by atoms with Crippen molar-refractivity contribution < 1.29 is 18.7 Å². The van der Waals surface area contributed by atoms with Crippen molar-refractivity contribution in [2.75, 3.05) is 25.6 Å². The zero-order chi connectivity index (χ0) is 16.2. The number of fused-ring (bicyclic) bond motifs is 1. The van der Waals surface area contributed by atoms with Crippen LogP contribution < -0.4 is 10.1 Å². The van der Waals surface area contributed by atoms with Crippen LogP contribution in [0.2, 0.25) is 0 Å². The molecule has 0 aliphatic rings. The summed E-state index contributed by atoms with van der Waals surface area (Å²) in [6, 6.07) is 8.78. The third kappa shape index (κ3) is 3.40. The molecule has 0 spiro atoms. The number of nitrogens with one attached hydrogen (secondary N) is 1. The fraction of sp³-hybridized carbons (Fsp3) is 0.250. The van der Waals surface area contributed by atoms with E-state index in [1.807, 2.05) is 12.1 Å². The van der Waals surface area contributed by atoms with Crippen LogP contribution in [0, 0.1) is 0 Å². The Labute approximate surface area is 131 Å². The molecule has 2 aromatic heterocycles. The highest BCUT2D eigenvalue weighted by Gasteiger charge is 2.10. The molecular formula is C16H16FN3O3. The predicted octanol–water partition coefficient (Wildman–Crippen LogP) is 2.64. The van der Waals surface area contributed by atoms with Crippen molar-refractivity contribution in [3.8, 4) is 17.2 Å². The van der Waals surface area contributed by atoms with E-state index in [0.29, 0.717) is 22.7 Å². The van der Waals surface area contributed by atoms with Gasteiger partial charge in [0.25, 0.3) is 0 Å². The molecular weight excluding hydrogens is 301 g/mol. The van der Waals surface area contributed by atoms with Gasteiger partial charge in [0.1, 0.15) is 36.5 Å². The first-order valence-electron chi connectivity index (χ1n) is 7.11. The highest BCUT2D eigenvalue weighted by molar-refractivity contribution is 5.77. The monoisotopic (exact) mass is 317 g/mol. The second-order valence-electron chi connectivity index (χ2n) is 4.95. The van der Waals surface area contributed by atoms with E-state index in [9.17, 15) is 9.50 Å². The molecule has 0 radical (unpaired) electrons. The van der Waals surface area contributed by atoms with E-state index in [1.165, 1.54) is 0 Å². The molecule has 2 N–H and O–H groups in total. The second kappa shape index (κ2) is 6.62.